The number of aryl methyl sites for hydroxylation is 1. The van der Waals surface area contributed by atoms with Crippen LogP contribution in [0.4, 0.5) is 0 Å². The molecule has 92 valence electrons. The lowest BCUT2D eigenvalue weighted by Gasteiger charge is -2.16. The van der Waals surface area contributed by atoms with Gasteiger partial charge in [0.15, 0.2) is 0 Å². The van der Waals surface area contributed by atoms with Gasteiger partial charge in [0.2, 0.25) is 5.91 Å². The van der Waals surface area contributed by atoms with Crippen molar-refractivity contribution in [3.63, 3.8) is 0 Å². The van der Waals surface area contributed by atoms with Gasteiger partial charge in [-0.05, 0) is 49.5 Å². The maximum Gasteiger partial charge on any atom is 0.221 e. The smallest absolute Gasteiger partial charge is 0.221 e. The Kier molecular flexibility index (Phi) is 3.79. The van der Waals surface area contributed by atoms with Crippen LogP contribution in [0.5, 0.6) is 0 Å². The molecule has 1 aliphatic heterocycles. The van der Waals surface area contributed by atoms with Crippen LogP contribution in [0, 0.1) is 6.92 Å². The summed E-state index contributed by atoms with van der Waals surface area (Å²) in [4.78, 5) is 13.3. The molecule has 1 aromatic carbocycles. The van der Waals surface area contributed by atoms with Crippen molar-refractivity contribution in [1.82, 2.24) is 4.90 Å². The van der Waals surface area contributed by atoms with Crippen LogP contribution in [-0.4, -0.2) is 23.9 Å². The molecule has 2 N–H and O–H groups in total. The number of likely N-dealkylation sites (tertiary alicyclic amines) is 1. The number of benzene rings is 1. The van der Waals surface area contributed by atoms with E-state index >= 15 is 0 Å². The van der Waals surface area contributed by atoms with Crippen molar-refractivity contribution >= 4 is 5.91 Å². The van der Waals surface area contributed by atoms with Gasteiger partial charge in [0.05, 0.1) is 6.42 Å². The van der Waals surface area contributed by atoms with E-state index < -0.39 is 0 Å². The molecular weight excluding hydrogens is 212 g/mol. The Morgan fingerprint density at radius 2 is 2.06 bits per heavy atom. The molecule has 17 heavy (non-hydrogen) atoms. The molecule has 1 aliphatic rings. The van der Waals surface area contributed by atoms with Crippen molar-refractivity contribution in [2.24, 2.45) is 5.73 Å². The molecule has 3 nitrogen and oxygen atoms in total. The monoisotopic (exact) mass is 232 g/mol. The summed E-state index contributed by atoms with van der Waals surface area (Å²) < 4.78 is 0. The normalized spacial score (nSPS) is 16.3. The Balaban J connectivity index is 2.05. The van der Waals surface area contributed by atoms with Gasteiger partial charge in [-0.1, -0.05) is 18.2 Å². The number of carbonyl (C=O) groups is 1. The number of hydrogen-bond acceptors (Lipinski definition) is 2. The van der Waals surface area contributed by atoms with E-state index in [9.17, 15) is 4.79 Å². The zero-order valence-corrected chi connectivity index (χ0v) is 10.4. The first-order valence-corrected chi connectivity index (χ1v) is 6.24. The van der Waals surface area contributed by atoms with Crippen LogP contribution >= 0.6 is 0 Å². The van der Waals surface area contributed by atoms with Crippen LogP contribution in [0.15, 0.2) is 18.2 Å². The first-order chi connectivity index (χ1) is 8.15. The molecule has 0 saturated carbocycles. The Hall–Kier alpha value is -1.35. The highest BCUT2D eigenvalue weighted by Crippen LogP contribution is 2.17. The van der Waals surface area contributed by atoms with E-state index in [4.69, 9.17) is 5.73 Å². The van der Waals surface area contributed by atoms with E-state index in [2.05, 4.69) is 24.0 Å². The summed E-state index contributed by atoms with van der Waals surface area (Å²) in [6.45, 7) is 5.56. The molecule has 0 atom stereocenters. The van der Waals surface area contributed by atoms with Gasteiger partial charge < -0.3 is 5.73 Å². The van der Waals surface area contributed by atoms with Crippen LogP contribution < -0.4 is 5.73 Å². The summed E-state index contributed by atoms with van der Waals surface area (Å²) in [5, 5.41) is 0. The van der Waals surface area contributed by atoms with E-state index in [1.54, 1.807) is 0 Å². The van der Waals surface area contributed by atoms with Gasteiger partial charge in [-0.25, -0.2) is 0 Å². The third-order valence-electron chi connectivity index (χ3n) is 3.38. The van der Waals surface area contributed by atoms with Crippen LogP contribution in [0.3, 0.4) is 0 Å². The number of rotatable bonds is 4. The number of amides is 1. The van der Waals surface area contributed by atoms with Gasteiger partial charge in [0, 0.05) is 6.54 Å². The van der Waals surface area contributed by atoms with Gasteiger partial charge in [0.25, 0.3) is 0 Å². The Bertz CT molecular complexity index is 409. The second-order valence-corrected chi connectivity index (χ2v) is 4.89. The molecule has 1 heterocycles. The fraction of sp³-hybridized carbons (Fsp3) is 0.500. The van der Waals surface area contributed by atoms with Crippen LogP contribution in [0.25, 0.3) is 0 Å². The summed E-state index contributed by atoms with van der Waals surface area (Å²) in [6.07, 6.45) is 2.97. The number of nitrogens with two attached hydrogens (primary N) is 1. The third kappa shape index (κ3) is 3.30. The van der Waals surface area contributed by atoms with Crippen molar-refractivity contribution in [2.75, 3.05) is 13.1 Å². The van der Waals surface area contributed by atoms with Crippen molar-refractivity contribution in [1.29, 1.82) is 0 Å². The molecule has 1 amide bonds. The zero-order chi connectivity index (χ0) is 12.3. The average Bonchev–Trinajstić information content (AvgIpc) is 2.74. The summed E-state index contributed by atoms with van der Waals surface area (Å²) in [6, 6.07) is 6.23. The predicted octanol–water partition coefficient (Wildman–Crippen LogP) is 1.62. The molecule has 0 bridgehead atoms. The summed E-state index contributed by atoms with van der Waals surface area (Å²) in [7, 11) is 0. The Morgan fingerprint density at radius 1 is 1.35 bits per heavy atom. The van der Waals surface area contributed by atoms with E-state index in [0.717, 1.165) is 12.1 Å². The second kappa shape index (κ2) is 5.32. The molecule has 0 unspecified atom stereocenters. The van der Waals surface area contributed by atoms with Gasteiger partial charge in [-0.2, -0.15) is 0 Å². The first-order valence-electron chi connectivity index (χ1n) is 6.24. The van der Waals surface area contributed by atoms with Gasteiger partial charge >= 0.3 is 0 Å². The lowest BCUT2D eigenvalue weighted by molar-refractivity contribution is -0.117. The lowest BCUT2D eigenvalue weighted by Crippen LogP contribution is -2.19. The highest BCUT2D eigenvalue weighted by molar-refractivity contribution is 5.76. The molecule has 2 rings (SSSR count). The molecule has 1 saturated heterocycles. The maximum absolute atomic E-state index is 10.9. The van der Waals surface area contributed by atoms with Crippen molar-refractivity contribution < 1.29 is 4.79 Å². The number of nitrogens with zero attached hydrogens (tertiary/aromatic N) is 1. The highest BCUT2D eigenvalue weighted by Gasteiger charge is 2.12. The highest BCUT2D eigenvalue weighted by atomic mass is 16.1. The standard InChI is InChI=1S/C14H20N2O/c1-11-8-12(9-14(15)17)4-5-13(11)10-16-6-2-3-7-16/h4-5,8H,2-3,6-7,9-10H2,1H3,(H2,15,17). The molecule has 1 aromatic rings. The molecule has 3 heteroatoms. The first kappa shape index (κ1) is 12.1. The quantitative estimate of drug-likeness (QED) is 0.857. The summed E-state index contributed by atoms with van der Waals surface area (Å²) >= 11 is 0. The molecule has 0 radical (unpaired) electrons. The SMILES string of the molecule is Cc1cc(CC(N)=O)ccc1CN1CCCC1. The molecule has 1 fully saturated rings. The fourth-order valence-corrected chi connectivity index (χ4v) is 2.43. The van der Waals surface area contributed by atoms with Crippen molar-refractivity contribution in [3.8, 4) is 0 Å². The maximum atomic E-state index is 10.9. The lowest BCUT2D eigenvalue weighted by atomic mass is 10.0. The van der Waals surface area contributed by atoms with Crippen LogP contribution in [0.2, 0.25) is 0 Å². The summed E-state index contributed by atoms with van der Waals surface area (Å²) in [5.41, 5.74) is 8.83. The zero-order valence-electron chi connectivity index (χ0n) is 10.4. The minimum atomic E-state index is -0.267. The Morgan fingerprint density at radius 3 is 2.65 bits per heavy atom. The van der Waals surface area contributed by atoms with Crippen molar-refractivity contribution in [2.45, 2.75) is 32.7 Å². The van der Waals surface area contributed by atoms with Crippen LogP contribution in [0.1, 0.15) is 29.5 Å². The van der Waals surface area contributed by atoms with E-state index in [-0.39, 0.29) is 5.91 Å². The molecule has 0 aliphatic carbocycles. The topological polar surface area (TPSA) is 46.3 Å². The minimum absolute atomic E-state index is 0.267. The average molecular weight is 232 g/mol. The van der Waals surface area contributed by atoms with Gasteiger partial charge in [0.1, 0.15) is 0 Å². The number of primary amides is 1. The summed E-state index contributed by atoms with van der Waals surface area (Å²) in [5.74, 6) is -0.267. The Labute approximate surface area is 103 Å². The van der Waals surface area contributed by atoms with Crippen molar-refractivity contribution in [3.05, 3.63) is 34.9 Å². The molecular formula is C14H20N2O. The van der Waals surface area contributed by atoms with E-state index in [1.807, 2.05) is 6.07 Å². The molecule has 0 aromatic heterocycles. The van der Waals surface area contributed by atoms with Gasteiger partial charge in [-0.3, -0.25) is 9.69 Å². The fourth-order valence-electron chi connectivity index (χ4n) is 2.43. The van der Waals surface area contributed by atoms with E-state index in [1.165, 1.54) is 37.1 Å². The van der Waals surface area contributed by atoms with E-state index in [0.29, 0.717) is 6.42 Å². The largest absolute Gasteiger partial charge is 0.369 e. The van der Waals surface area contributed by atoms with Crippen LogP contribution in [-0.2, 0) is 17.8 Å². The number of carbonyl (C=O) groups excluding carboxylic acids is 1. The predicted molar refractivity (Wildman–Crippen MR) is 68.6 cm³/mol. The van der Waals surface area contributed by atoms with Gasteiger partial charge in [-0.15, -0.1) is 0 Å². The molecule has 0 spiro atoms. The second-order valence-electron chi connectivity index (χ2n) is 4.89. The number of hydrogen-bond donors (Lipinski definition) is 1. The minimum Gasteiger partial charge on any atom is -0.369 e. The third-order valence-corrected chi connectivity index (χ3v) is 3.38.